The molecule has 4 fully saturated rings. The van der Waals surface area contributed by atoms with Crippen molar-refractivity contribution in [3.8, 4) is 0 Å². The fourth-order valence-electron chi connectivity index (χ4n) is 9.09. The van der Waals surface area contributed by atoms with Gasteiger partial charge in [-0.05, 0) is 79.4 Å². The third-order valence-corrected chi connectivity index (χ3v) is 10.8. The summed E-state index contributed by atoms with van der Waals surface area (Å²) in [6, 6.07) is 0. The summed E-state index contributed by atoms with van der Waals surface area (Å²) in [7, 11) is 0. The van der Waals surface area contributed by atoms with E-state index in [1.165, 1.54) is 51.4 Å². The van der Waals surface area contributed by atoms with Gasteiger partial charge in [-0.1, -0.05) is 66.7 Å². The average Bonchev–Trinajstić information content (AvgIpc) is 3.01. The molecule has 0 aromatic carbocycles. The molecule has 0 saturated heterocycles. The van der Waals surface area contributed by atoms with Crippen LogP contribution in [0.1, 0.15) is 112 Å². The Hall–Kier alpha value is -0.370. The van der Waals surface area contributed by atoms with Crippen molar-refractivity contribution in [2.75, 3.05) is 0 Å². The van der Waals surface area contributed by atoms with Gasteiger partial charge in [0.15, 0.2) is 5.78 Å². The number of ketones is 1. The summed E-state index contributed by atoms with van der Waals surface area (Å²) < 4.78 is 0. The smallest absolute Gasteiger partial charge is 0.165 e. The van der Waals surface area contributed by atoms with Crippen molar-refractivity contribution in [3.05, 3.63) is 0 Å². The first kappa shape index (κ1) is 21.8. The van der Waals surface area contributed by atoms with Crippen LogP contribution in [-0.4, -0.2) is 16.5 Å². The fraction of sp³-hybridized carbons (Fsp3) is 0.963. The first-order valence-electron chi connectivity index (χ1n) is 12.9. The van der Waals surface area contributed by atoms with Gasteiger partial charge in [0.1, 0.15) is 5.60 Å². The number of carbonyl (C=O) groups excluding carboxylic acids is 1. The van der Waals surface area contributed by atoms with Crippen LogP contribution < -0.4 is 0 Å². The lowest BCUT2D eigenvalue weighted by molar-refractivity contribution is -0.203. The predicted molar refractivity (Wildman–Crippen MR) is 120 cm³/mol. The van der Waals surface area contributed by atoms with Crippen molar-refractivity contribution in [2.24, 2.45) is 46.3 Å². The van der Waals surface area contributed by atoms with Gasteiger partial charge < -0.3 is 5.11 Å². The van der Waals surface area contributed by atoms with E-state index in [1.807, 2.05) is 0 Å². The first-order valence-corrected chi connectivity index (χ1v) is 12.9. The lowest BCUT2D eigenvalue weighted by atomic mass is 9.43. The van der Waals surface area contributed by atoms with Gasteiger partial charge in [0.25, 0.3) is 0 Å². The molecule has 2 heteroatoms. The summed E-state index contributed by atoms with van der Waals surface area (Å²) in [4.78, 5) is 13.3. The Morgan fingerprint density at radius 1 is 0.966 bits per heavy atom. The molecule has 166 valence electrons. The zero-order valence-electron chi connectivity index (χ0n) is 19.8. The number of Topliss-reactive ketones (excluding diaryl/α,β-unsaturated/α-hetero) is 1. The predicted octanol–water partition coefficient (Wildman–Crippen LogP) is 6.79. The van der Waals surface area contributed by atoms with E-state index in [0.29, 0.717) is 36.0 Å². The quantitative estimate of drug-likeness (QED) is 0.549. The maximum Gasteiger partial charge on any atom is 0.165 e. The van der Waals surface area contributed by atoms with E-state index in [4.69, 9.17) is 0 Å². The van der Waals surface area contributed by atoms with Crippen molar-refractivity contribution >= 4 is 5.78 Å². The molecular weight excluding hydrogens is 356 g/mol. The van der Waals surface area contributed by atoms with Crippen molar-refractivity contribution in [1.82, 2.24) is 0 Å². The Labute approximate surface area is 179 Å². The summed E-state index contributed by atoms with van der Waals surface area (Å²) in [5.41, 5.74) is -0.783. The van der Waals surface area contributed by atoms with Gasteiger partial charge in [0.05, 0.1) is 0 Å². The molecule has 0 bridgehead atoms. The van der Waals surface area contributed by atoms with E-state index in [2.05, 4.69) is 34.6 Å². The molecule has 4 aliphatic carbocycles. The van der Waals surface area contributed by atoms with E-state index in [0.717, 1.165) is 30.6 Å². The molecule has 0 amide bonds. The molecule has 2 nitrogen and oxygen atoms in total. The Balaban J connectivity index is 1.53. The monoisotopic (exact) mass is 402 g/mol. The SMILES string of the molecule is CC(C)CCC[C@@H](C)[C@H]1CC[C@@H]2[C@H]3CC(=O)[C@@]4(O)CCCC[C@]4(C)[C@@H]3CC[C@@]21C. The Morgan fingerprint density at radius 2 is 1.69 bits per heavy atom. The topological polar surface area (TPSA) is 37.3 Å². The van der Waals surface area contributed by atoms with E-state index in [-0.39, 0.29) is 11.2 Å². The maximum atomic E-state index is 13.3. The van der Waals surface area contributed by atoms with Gasteiger partial charge in [0.2, 0.25) is 0 Å². The van der Waals surface area contributed by atoms with Gasteiger partial charge in [-0.15, -0.1) is 0 Å². The summed E-state index contributed by atoms with van der Waals surface area (Å²) >= 11 is 0. The zero-order valence-corrected chi connectivity index (χ0v) is 19.8. The molecule has 8 atom stereocenters. The van der Waals surface area contributed by atoms with Crippen LogP contribution >= 0.6 is 0 Å². The Bertz CT molecular complexity index is 626. The maximum absolute atomic E-state index is 13.3. The fourth-order valence-corrected chi connectivity index (χ4v) is 9.09. The highest BCUT2D eigenvalue weighted by Gasteiger charge is 2.66. The van der Waals surface area contributed by atoms with Crippen LogP contribution in [0.5, 0.6) is 0 Å². The molecule has 0 heterocycles. The largest absolute Gasteiger partial charge is 0.381 e. The minimum atomic E-state index is -1.03. The van der Waals surface area contributed by atoms with E-state index < -0.39 is 5.60 Å². The summed E-state index contributed by atoms with van der Waals surface area (Å²) in [5, 5.41) is 11.5. The second kappa shape index (κ2) is 7.64. The molecule has 4 rings (SSSR count). The number of hydrogen-bond acceptors (Lipinski definition) is 2. The van der Waals surface area contributed by atoms with Crippen LogP contribution in [0.25, 0.3) is 0 Å². The second-order valence-corrected chi connectivity index (χ2v) is 12.5. The minimum absolute atomic E-state index is 0.173. The summed E-state index contributed by atoms with van der Waals surface area (Å²) in [6.45, 7) is 12.1. The number of rotatable bonds is 5. The van der Waals surface area contributed by atoms with Gasteiger partial charge in [-0.25, -0.2) is 0 Å². The molecule has 1 N–H and O–H groups in total. The zero-order chi connectivity index (χ0) is 21.0. The molecule has 4 saturated carbocycles. The molecule has 0 aliphatic heterocycles. The van der Waals surface area contributed by atoms with Crippen LogP contribution in [0, 0.1) is 46.3 Å². The van der Waals surface area contributed by atoms with Crippen LogP contribution in [-0.2, 0) is 4.79 Å². The number of carbonyl (C=O) groups is 1. The minimum Gasteiger partial charge on any atom is -0.381 e. The highest BCUT2D eigenvalue weighted by Crippen LogP contribution is 2.68. The van der Waals surface area contributed by atoms with E-state index in [1.54, 1.807) is 0 Å². The first-order chi connectivity index (χ1) is 13.6. The number of hydrogen-bond donors (Lipinski definition) is 1. The number of fused-ring (bicyclic) bond motifs is 5. The molecule has 0 aromatic heterocycles. The van der Waals surface area contributed by atoms with E-state index in [9.17, 15) is 9.90 Å². The Kier molecular flexibility index (Phi) is 5.76. The number of aliphatic hydroxyl groups is 1. The molecular formula is C27H46O2. The van der Waals surface area contributed by atoms with Crippen LogP contribution in [0.4, 0.5) is 0 Å². The third-order valence-electron chi connectivity index (χ3n) is 10.8. The normalized spacial score (nSPS) is 48.2. The highest BCUT2D eigenvalue weighted by molar-refractivity contribution is 5.89. The molecule has 0 spiro atoms. The van der Waals surface area contributed by atoms with Crippen LogP contribution in [0.2, 0.25) is 0 Å². The average molecular weight is 403 g/mol. The van der Waals surface area contributed by atoms with Gasteiger partial charge in [0, 0.05) is 11.8 Å². The standard InChI is InChI=1S/C27H46O2/c1-18(2)9-8-10-19(3)21-11-12-22-20-17-24(28)27(29)15-7-6-14-26(27,5)23(20)13-16-25(21,22)4/h18-23,29H,6-17H2,1-5H3/t19-,20-,21-,22-,23-,25-,26-,27+/m1/s1. The second-order valence-electron chi connectivity index (χ2n) is 12.5. The van der Waals surface area contributed by atoms with Gasteiger partial charge >= 0.3 is 0 Å². The van der Waals surface area contributed by atoms with Crippen molar-refractivity contribution in [2.45, 2.75) is 117 Å². The molecule has 0 aromatic rings. The summed E-state index contributed by atoms with van der Waals surface area (Å²) in [5.74, 6) is 4.42. The third kappa shape index (κ3) is 3.26. The summed E-state index contributed by atoms with van der Waals surface area (Å²) in [6.07, 6.45) is 14.0. The van der Waals surface area contributed by atoms with Gasteiger partial charge in [-0.2, -0.15) is 0 Å². The lowest BCUT2D eigenvalue weighted by Crippen LogP contribution is -2.65. The van der Waals surface area contributed by atoms with Crippen LogP contribution in [0.15, 0.2) is 0 Å². The Morgan fingerprint density at radius 3 is 2.41 bits per heavy atom. The highest BCUT2D eigenvalue weighted by atomic mass is 16.3. The lowest BCUT2D eigenvalue weighted by Gasteiger charge is -2.62. The van der Waals surface area contributed by atoms with Crippen molar-refractivity contribution < 1.29 is 9.90 Å². The molecule has 0 unspecified atom stereocenters. The molecule has 29 heavy (non-hydrogen) atoms. The van der Waals surface area contributed by atoms with Crippen molar-refractivity contribution in [3.63, 3.8) is 0 Å². The molecule has 0 radical (unpaired) electrons. The molecule has 4 aliphatic rings. The van der Waals surface area contributed by atoms with Crippen LogP contribution in [0.3, 0.4) is 0 Å². The van der Waals surface area contributed by atoms with E-state index >= 15 is 0 Å². The van der Waals surface area contributed by atoms with Gasteiger partial charge in [-0.3, -0.25) is 4.79 Å². The van der Waals surface area contributed by atoms with Crippen molar-refractivity contribution in [1.29, 1.82) is 0 Å².